The van der Waals surface area contributed by atoms with Crippen molar-refractivity contribution < 1.29 is 23.1 Å². The molecule has 1 N–H and O–H groups in total. The van der Waals surface area contributed by atoms with E-state index in [9.17, 15) is 18.3 Å². The average Bonchev–Trinajstić information content (AvgIpc) is 2.67. The van der Waals surface area contributed by atoms with Crippen molar-refractivity contribution in [1.82, 2.24) is 4.90 Å². The highest BCUT2D eigenvalue weighted by Gasteiger charge is 2.48. The lowest BCUT2D eigenvalue weighted by Crippen LogP contribution is -2.59. The van der Waals surface area contributed by atoms with E-state index in [0.717, 1.165) is 0 Å². The predicted molar refractivity (Wildman–Crippen MR) is 56.0 cm³/mol. The summed E-state index contributed by atoms with van der Waals surface area (Å²) in [6.07, 6.45) is 0.433. The normalized spacial score (nSPS) is 35.0. The molecule has 0 aromatic carbocycles. The van der Waals surface area contributed by atoms with Crippen LogP contribution in [0.1, 0.15) is 6.42 Å². The van der Waals surface area contributed by atoms with Crippen LogP contribution in [0.3, 0.4) is 0 Å². The average molecular weight is 249 g/mol. The summed E-state index contributed by atoms with van der Waals surface area (Å²) in [7, 11) is -2.97. The number of rotatable bonds is 2. The second kappa shape index (κ2) is 3.97. The van der Waals surface area contributed by atoms with Crippen LogP contribution in [0.5, 0.6) is 0 Å². The van der Waals surface area contributed by atoms with Crippen LogP contribution in [-0.2, 0) is 19.4 Å². The van der Waals surface area contributed by atoms with Crippen molar-refractivity contribution >= 4 is 15.8 Å². The van der Waals surface area contributed by atoms with Crippen molar-refractivity contribution in [2.75, 3.05) is 37.8 Å². The van der Waals surface area contributed by atoms with Gasteiger partial charge >= 0.3 is 5.97 Å². The zero-order chi connectivity index (χ0) is 11.8. The van der Waals surface area contributed by atoms with Crippen LogP contribution in [0.4, 0.5) is 0 Å². The van der Waals surface area contributed by atoms with Crippen LogP contribution >= 0.6 is 0 Å². The van der Waals surface area contributed by atoms with Gasteiger partial charge in [0.05, 0.1) is 18.1 Å². The highest BCUT2D eigenvalue weighted by atomic mass is 32.2. The molecule has 0 aliphatic carbocycles. The Hall–Kier alpha value is -0.660. The molecule has 1 atom stereocenters. The molecule has 2 heterocycles. The van der Waals surface area contributed by atoms with Gasteiger partial charge in [0, 0.05) is 26.1 Å². The summed E-state index contributed by atoms with van der Waals surface area (Å²) in [4.78, 5) is 13.1. The van der Waals surface area contributed by atoms with E-state index < -0.39 is 21.3 Å². The molecule has 1 unspecified atom stereocenters. The first kappa shape index (κ1) is 11.8. The second-order valence-electron chi connectivity index (χ2n) is 4.28. The molecule has 7 heteroatoms. The molecule has 92 valence electrons. The number of hydrogen-bond acceptors (Lipinski definition) is 5. The minimum absolute atomic E-state index is 0.0437. The molecule has 2 fully saturated rings. The fourth-order valence-electron chi connectivity index (χ4n) is 2.25. The Labute approximate surface area is 94.1 Å². The van der Waals surface area contributed by atoms with E-state index in [0.29, 0.717) is 13.0 Å². The molecule has 0 aromatic heterocycles. The molecule has 0 saturated carbocycles. The van der Waals surface area contributed by atoms with Gasteiger partial charge < -0.3 is 9.84 Å². The molecule has 2 aliphatic heterocycles. The lowest BCUT2D eigenvalue weighted by Gasteiger charge is -2.38. The van der Waals surface area contributed by atoms with Crippen LogP contribution < -0.4 is 0 Å². The third-order valence-electron chi connectivity index (χ3n) is 3.35. The maximum atomic E-state index is 11.3. The second-order valence-corrected chi connectivity index (χ2v) is 6.58. The molecule has 6 nitrogen and oxygen atoms in total. The van der Waals surface area contributed by atoms with Crippen molar-refractivity contribution in [3.63, 3.8) is 0 Å². The molecule has 0 radical (unpaired) electrons. The minimum atomic E-state index is -2.97. The van der Waals surface area contributed by atoms with E-state index >= 15 is 0 Å². The number of carboxylic acids is 1. The first-order valence-electron chi connectivity index (χ1n) is 5.23. The number of sulfone groups is 1. The van der Waals surface area contributed by atoms with Gasteiger partial charge in [0.15, 0.2) is 9.84 Å². The molecule has 0 spiro atoms. The van der Waals surface area contributed by atoms with Gasteiger partial charge in [0.2, 0.25) is 0 Å². The van der Waals surface area contributed by atoms with Gasteiger partial charge in [-0.15, -0.1) is 0 Å². The predicted octanol–water partition coefficient (Wildman–Crippen LogP) is -1.04. The third-order valence-corrected chi connectivity index (χ3v) is 4.96. The number of carbonyl (C=O) groups is 1. The van der Waals surface area contributed by atoms with Crippen LogP contribution in [0.2, 0.25) is 0 Å². The van der Waals surface area contributed by atoms with Crippen LogP contribution in [0.15, 0.2) is 0 Å². The van der Waals surface area contributed by atoms with E-state index in [4.69, 9.17) is 4.74 Å². The van der Waals surface area contributed by atoms with E-state index in [2.05, 4.69) is 0 Å². The van der Waals surface area contributed by atoms with Crippen molar-refractivity contribution in [3.05, 3.63) is 0 Å². The third kappa shape index (κ3) is 1.94. The molecule has 2 aliphatic rings. The Kier molecular flexibility index (Phi) is 2.93. The van der Waals surface area contributed by atoms with Crippen molar-refractivity contribution in [3.8, 4) is 0 Å². The van der Waals surface area contributed by atoms with Gasteiger partial charge in [-0.05, 0) is 0 Å². The van der Waals surface area contributed by atoms with Gasteiger partial charge in [-0.1, -0.05) is 0 Å². The molecular formula is C9H15NO5S. The standard InChI is InChI=1S/C9H15NO5S/c11-8(12)9(1-4-15-7-9)10-2-5-16(13,14)6-3-10/h1-7H2,(H,11,12). The fraction of sp³-hybridized carbons (Fsp3) is 0.889. The van der Waals surface area contributed by atoms with Crippen LogP contribution in [-0.4, -0.2) is 67.7 Å². The number of ether oxygens (including phenoxy) is 1. The Morgan fingerprint density at radius 3 is 2.38 bits per heavy atom. The van der Waals surface area contributed by atoms with Crippen molar-refractivity contribution in [1.29, 1.82) is 0 Å². The maximum absolute atomic E-state index is 11.3. The first-order valence-corrected chi connectivity index (χ1v) is 7.05. The zero-order valence-corrected chi connectivity index (χ0v) is 9.70. The lowest BCUT2D eigenvalue weighted by molar-refractivity contribution is -0.151. The number of nitrogens with zero attached hydrogens (tertiary/aromatic N) is 1. The molecule has 2 saturated heterocycles. The highest BCUT2D eigenvalue weighted by Crippen LogP contribution is 2.28. The molecule has 16 heavy (non-hydrogen) atoms. The Morgan fingerprint density at radius 1 is 1.31 bits per heavy atom. The summed E-state index contributed by atoms with van der Waals surface area (Å²) < 4.78 is 27.7. The lowest BCUT2D eigenvalue weighted by atomic mass is 9.96. The van der Waals surface area contributed by atoms with E-state index in [1.807, 2.05) is 0 Å². The molecular weight excluding hydrogens is 234 g/mol. The van der Waals surface area contributed by atoms with E-state index in [1.165, 1.54) is 0 Å². The maximum Gasteiger partial charge on any atom is 0.326 e. The molecule has 0 bridgehead atoms. The SMILES string of the molecule is O=C(O)C1(N2CCS(=O)(=O)CC2)CCOC1. The fourth-order valence-corrected chi connectivity index (χ4v) is 3.45. The Bertz CT molecular complexity index is 371. The van der Waals surface area contributed by atoms with Gasteiger partial charge in [0.25, 0.3) is 0 Å². The van der Waals surface area contributed by atoms with Gasteiger partial charge in [-0.25, -0.2) is 8.42 Å². The highest BCUT2D eigenvalue weighted by molar-refractivity contribution is 7.91. The zero-order valence-electron chi connectivity index (χ0n) is 8.89. The summed E-state index contributed by atoms with van der Waals surface area (Å²) in [5.41, 5.74) is -1.00. The Morgan fingerprint density at radius 2 is 1.94 bits per heavy atom. The van der Waals surface area contributed by atoms with Gasteiger partial charge in [0.1, 0.15) is 5.54 Å². The van der Waals surface area contributed by atoms with Gasteiger partial charge in [-0.3, -0.25) is 9.69 Å². The van der Waals surface area contributed by atoms with E-state index in [1.54, 1.807) is 4.90 Å². The van der Waals surface area contributed by atoms with E-state index in [-0.39, 0.29) is 31.2 Å². The van der Waals surface area contributed by atoms with Crippen molar-refractivity contribution in [2.24, 2.45) is 0 Å². The summed E-state index contributed by atoms with van der Waals surface area (Å²) in [5.74, 6) is -0.825. The Balaban J connectivity index is 2.14. The molecule has 0 aromatic rings. The van der Waals surface area contributed by atoms with Crippen LogP contribution in [0, 0.1) is 0 Å². The summed E-state index contributed by atoms with van der Waals surface area (Å²) in [6, 6.07) is 0. The number of aliphatic carboxylic acids is 1. The number of carboxylic acid groups (broad SMARTS) is 1. The first-order chi connectivity index (χ1) is 7.46. The quantitative estimate of drug-likeness (QED) is 0.673. The topological polar surface area (TPSA) is 83.9 Å². The summed E-state index contributed by atoms with van der Waals surface area (Å²) in [5, 5.41) is 9.27. The van der Waals surface area contributed by atoms with Crippen molar-refractivity contribution in [2.45, 2.75) is 12.0 Å². The summed E-state index contributed by atoms with van der Waals surface area (Å²) >= 11 is 0. The largest absolute Gasteiger partial charge is 0.480 e. The minimum Gasteiger partial charge on any atom is -0.480 e. The molecule has 2 rings (SSSR count). The summed E-state index contributed by atoms with van der Waals surface area (Å²) in [6.45, 7) is 1.16. The number of hydrogen-bond donors (Lipinski definition) is 1. The molecule has 0 amide bonds. The monoisotopic (exact) mass is 249 g/mol. The van der Waals surface area contributed by atoms with Crippen LogP contribution in [0.25, 0.3) is 0 Å². The smallest absolute Gasteiger partial charge is 0.326 e. The van der Waals surface area contributed by atoms with Gasteiger partial charge in [-0.2, -0.15) is 0 Å².